The number of nitrogens with one attached hydrogen (secondary N) is 1. The van der Waals surface area contributed by atoms with Crippen molar-refractivity contribution in [1.29, 1.82) is 0 Å². The van der Waals surface area contributed by atoms with Gasteiger partial charge in [-0.1, -0.05) is 30.0 Å². The summed E-state index contributed by atoms with van der Waals surface area (Å²) in [7, 11) is 0. The first-order valence-electron chi connectivity index (χ1n) is 6.86. The lowest BCUT2D eigenvalue weighted by Crippen LogP contribution is -2.28. The number of carbonyl (C=O) groups excluding carboxylic acids is 1. The van der Waals surface area contributed by atoms with Gasteiger partial charge in [0.1, 0.15) is 6.26 Å². The molecular weight excluding hydrogens is 318 g/mol. The van der Waals surface area contributed by atoms with E-state index in [-0.39, 0.29) is 5.91 Å². The van der Waals surface area contributed by atoms with E-state index in [9.17, 15) is 4.79 Å². The minimum absolute atomic E-state index is 0.0232. The maximum atomic E-state index is 11.7. The topological polar surface area (TPSA) is 67.5 Å². The fraction of sp³-hybridized carbons (Fsp3) is 0.267. The maximum absolute atomic E-state index is 11.7. The molecule has 0 saturated heterocycles. The van der Waals surface area contributed by atoms with Crippen LogP contribution in [0.1, 0.15) is 5.69 Å². The number of carbonyl (C=O) groups is 1. The summed E-state index contributed by atoms with van der Waals surface area (Å²) in [5.41, 5.74) is 1.79. The summed E-state index contributed by atoms with van der Waals surface area (Å²) in [4.78, 5) is 20.4. The van der Waals surface area contributed by atoms with E-state index >= 15 is 0 Å². The van der Waals surface area contributed by atoms with Crippen LogP contribution in [-0.4, -0.2) is 34.1 Å². The Kier molecular flexibility index (Phi) is 5.18. The summed E-state index contributed by atoms with van der Waals surface area (Å²) in [6.07, 6.45) is 1.64. The first-order valence-corrected chi connectivity index (χ1v) is 9.00. The third-order valence-electron chi connectivity index (χ3n) is 2.89. The third kappa shape index (κ3) is 4.14. The highest BCUT2D eigenvalue weighted by molar-refractivity contribution is 8.14. The van der Waals surface area contributed by atoms with Crippen molar-refractivity contribution in [2.75, 3.05) is 18.1 Å². The van der Waals surface area contributed by atoms with Gasteiger partial charge in [0.25, 0.3) is 0 Å². The van der Waals surface area contributed by atoms with E-state index in [2.05, 4.69) is 15.3 Å². The Bertz CT molecular complexity index is 670. The number of amides is 1. The summed E-state index contributed by atoms with van der Waals surface area (Å²) in [6.45, 7) is 0.786. The normalized spacial score (nSPS) is 13.9. The maximum Gasteiger partial charge on any atom is 0.235 e. The number of oxazole rings is 1. The molecule has 0 bridgehead atoms. The molecule has 1 aromatic carbocycles. The van der Waals surface area contributed by atoms with Crippen LogP contribution in [0.15, 0.2) is 46.0 Å². The molecule has 114 valence electrons. The molecule has 0 atom stereocenters. The van der Waals surface area contributed by atoms with Crippen molar-refractivity contribution < 1.29 is 9.21 Å². The van der Waals surface area contributed by atoms with Gasteiger partial charge in [-0.3, -0.25) is 9.79 Å². The molecule has 7 heteroatoms. The van der Waals surface area contributed by atoms with Crippen LogP contribution in [0.2, 0.25) is 0 Å². The zero-order chi connectivity index (χ0) is 15.2. The number of hydrogen-bond donors (Lipinski definition) is 1. The molecule has 0 spiro atoms. The molecule has 3 rings (SSSR count). The average Bonchev–Trinajstić information content (AvgIpc) is 3.20. The highest BCUT2D eigenvalue weighted by Gasteiger charge is 2.11. The van der Waals surface area contributed by atoms with E-state index in [0.29, 0.717) is 17.4 Å². The number of hydrogen-bond acceptors (Lipinski definition) is 6. The van der Waals surface area contributed by atoms with E-state index < -0.39 is 0 Å². The largest absolute Gasteiger partial charge is 0.444 e. The standard InChI is InChI=1S/C15H15N3O2S2/c19-13(18-15-16-6-7-22-15)10-21-9-12-8-20-14(17-12)11-4-2-1-3-5-11/h1-5,8H,6-7,9-10H2,(H,16,18,19). The molecule has 0 aliphatic carbocycles. The van der Waals surface area contributed by atoms with Crippen molar-refractivity contribution in [3.05, 3.63) is 42.3 Å². The van der Waals surface area contributed by atoms with E-state index in [4.69, 9.17) is 4.42 Å². The van der Waals surface area contributed by atoms with E-state index in [1.165, 1.54) is 11.8 Å². The second-order valence-electron chi connectivity index (χ2n) is 4.59. The number of aliphatic imine (C=N–C) groups is 1. The van der Waals surface area contributed by atoms with Gasteiger partial charge in [0, 0.05) is 17.1 Å². The second-order valence-corrected chi connectivity index (χ2v) is 6.66. The predicted octanol–water partition coefficient (Wildman–Crippen LogP) is 2.79. The summed E-state index contributed by atoms with van der Waals surface area (Å²) in [5, 5.41) is 3.54. The zero-order valence-electron chi connectivity index (χ0n) is 11.8. The van der Waals surface area contributed by atoms with Crippen molar-refractivity contribution in [2.45, 2.75) is 5.75 Å². The molecule has 0 fully saturated rings. The van der Waals surface area contributed by atoms with Crippen LogP contribution < -0.4 is 5.32 Å². The van der Waals surface area contributed by atoms with Crippen molar-refractivity contribution in [1.82, 2.24) is 10.3 Å². The van der Waals surface area contributed by atoms with E-state index in [1.807, 2.05) is 30.3 Å². The Hall–Kier alpha value is -1.73. The Morgan fingerprint density at radius 3 is 3.00 bits per heavy atom. The third-order valence-corrected chi connectivity index (χ3v) is 4.74. The number of benzene rings is 1. The Balaban J connectivity index is 1.46. The monoisotopic (exact) mass is 333 g/mol. The molecule has 1 aliphatic heterocycles. The molecule has 1 aliphatic rings. The molecule has 22 heavy (non-hydrogen) atoms. The number of thioether (sulfide) groups is 2. The highest BCUT2D eigenvalue weighted by Crippen LogP contribution is 2.20. The molecular formula is C15H15N3O2S2. The summed E-state index contributed by atoms with van der Waals surface area (Å²) < 4.78 is 5.47. The lowest BCUT2D eigenvalue weighted by molar-refractivity contribution is -0.117. The smallest absolute Gasteiger partial charge is 0.235 e. The van der Waals surface area contributed by atoms with Gasteiger partial charge >= 0.3 is 0 Å². The summed E-state index contributed by atoms with van der Waals surface area (Å²) >= 11 is 3.09. The van der Waals surface area contributed by atoms with Gasteiger partial charge in [-0.2, -0.15) is 0 Å². The van der Waals surface area contributed by atoms with Crippen molar-refractivity contribution in [2.24, 2.45) is 4.99 Å². The van der Waals surface area contributed by atoms with Crippen LogP contribution in [0, 0.1) is 0 Å². The molecule has 2 heterocycles. The van der Waals surface area contributed by atoms with Gasteiger partial charge in [-0.15, -0.1) is 11.8 Å². The van der Waals surface area contributed by atoms with Crippen molar-refractivity contribution in [3.8, 4) is 11.5 Å². The number of amidine groups is 1. The fourth-order valence-corrected chi connectivity index (χ4v) is 3.35. The SMILES string of the molecule is O=C(CSCc1coc(-c2ccccc2)n1)NC1=NCCS1. The molecule has 2 aromatic rings. The predicted molar refractivity (Wildman–Crippen MR) is 91.0 cm³/mol. The molecule has 1 N–H and O–H groups in total. The lowest BCUT2D eigenvalue weighted by atomic mass is 10.2. The number of rotatable bonds is 5. The van der Waals surface area contributed by atoms with Crippen LogP contribution in [0.5, 0.6) is 0 Å². The molecule has 1 aromatic heterocycles. The van der Waals surface area contributed by atoms with Crippen LogP contribution in [0.25, 0.3) is 11.5 Å². The quantitative estimate of drug-likeness (QED) is 0.911. The van der Waals surface area contributed by atoms with Gasteiger partial charge in [-0.25, -0.2) is 4.98 Å². The summed E-state index contributed by atoms with van der Waals surface area (Å²) in [6, 6.07) is 9.76. The zero-order valence-corrected chi connectivity index (χ0v) is 13.5. The fourth-order valence-electron chi connectivity index (χ4n) is 1.90. The number of nitrogens with zero attached hydrogens (tertiary/aromatic N) is 2. The van der Waals surface area contributed by atoms with Gasteiger partial charge in [0.05, 0.1) is 18.0 Å². The van der Waals surface area contributed by atoms with Crippen molar-refractivity contribution >= 4 is 34.6 Å². The minimum Gasteiger partial charge on any atom is -0.444 e. The molecule has 1 amide bonds. The van der Waals surface area contributed by atoms with E-state index in [1.54, 1.807) is 18.0 Å². The van der Waals surface area contributed by atoms with Crippen molar-refractivity contribution in [3.63, 3.8) is 0 Å². The lowest BCUT2D eigenvalue weighted by Gasteiger charge is -2.02. The van der Waals surface area contributed by atoms with E-state index in [0.717, 1.165) is 28.7 Å². The highest BCUT2D eigenvalue weighted by atomic mass is 32.2. The molecule has 0 radical (unpaired) electrons. The average molecular weight is 333 g/mol. The van der Waals surface area contributed by atoms with Gasteiger partial charge in [-0.05, 0) is 12.1 Å². The van der Waals surface area contributed by atoms with Gasteiger partial charge < -0.3 is 9.73 Å². The Morgan fingerprint density at radius 2 is 2.23 bits per heavy atom. The number of aromatic nitrogens is 1. The second kappa shape index (κ2) is 7.51. The van der Waals surface area contributed by atoms with Crippen LogP contribution in [0.4, 0.5) is 0 Å². The first kappa shape index (κ1) is 15.2. The Morgan fingerprint density at radius 1 is 1.36 bits per heavy atom. The van der Waals surface area contributed by atoms with Crippen LogP contribution in [0.3, 0.4) is 0 Å². The first-order chi connectivity index (χ1) is 10.8. The van der Waals surface area contributed by atoms with Gasteiger partial charge in [0.2, 0.25) is 11.8 Å². The minimum atomic E-state index is -0.0232. The van der Waals surface area contributed by atoms with Crippen LogP contribution >= 0.6 is 23.5 Å². The molecule has 0 unspecified atom stereocenters. The van der Waals surface area contributed by atoms with Gasteiger partial charge in [0.15, 0.2) is 5.17 Å². The molecule has 5 nitrogen and oxygen atoms in total. The molecule has 0 saturated carbocycles. The Labute approximate surface area is 137 Å². The van der Waals surface area contributed by atoms with Crippen LogP contribution in [-0.2, 0) is 10.5 Å². The summed E-state index contributed by atoms with van der Waals surface area (Å²) in [5.74, 6) is 2.56.